The summed E-state index contributed by atoms with van der Waals surface area (Å²) in [6.07, 6.45) is 2.85. The molecule has 2 rings (SSSR count). The first-order valence-corrected chi connectivity index (χ1v) is 9.40. The second-order valence-corrected chi connectivity index (χ2v) is 8.29. The lowest BCUT2D eigenvalue weighted by Gasteiger charge is -2.32. The quantitative estimate of drug-likeness (QED) is 0.732. The van der Waals surface area contributed by atoms with Gasteiger partial charge in [-0.05, 0) is 65.3 Å². The zero-order chi connectivity index (χ0) is 19.3. The molecule has 5 nitrogen and oxygen atoms in total. The Morgan fingerprint density at radius 3 is 2.50 bits per heavy atom. The number of ether oxygens (including phenoxy) is 1. The highest BCUT2D eigenvalue weighted by Crippen LogP contribution is 2.32. The lowest BCUT2D eigenvalue weighted by Crippen LogP contribution is -2.44. The number of benzene rings is 1. The minimum absolute atomic E-state index is 0.00259. The maximum atomic E-state index is 13.3. The van der Waals surface area contributed by atoms with Crippen LogP contribution in [-0.4, -0.2) is 61.0 Å². The fourth-order valence-corrected chi connectivity index (χ4v) is 3.35. The van der Waals surface area contributed by atoms with E-state index in [4.69, 9.17) is 4.74 Å². The predicted octanol–water partition coefficient (Wildman–Crippen LogP) is 2.84. The Morgan fingerprint density at radius 2 is 1.85 bits per heavy atom. The van der Waals surface area contributed by atoms with Crippen molar-refractivity contribution in [1.82, 2.24) is 9.80 Å². The van der Waals surface area contributed by atoms with Crippen LogP contribution in [0, 0.1) is 0 Å². The van der Waals surface area contributed by atoms with Crippen molar-refractivity contribution in [2.45, 2.75) is 51.6 Å². The standard InChI is InChI=1S/C21H32N2O3/c1-21(2,3)26-19(24)15-23(14-13-22(4)5)20(25)18-12-8-10-16-9-6-7-11-17(16)18/h6-7,9,11,18H,8,10,12-15H2,1-5H3. The summed E-state index contributed by atoms with van der Waals surface area (Å²) in [5.74, 6) is -0.483. The van der Waals surface area contributed by atoms with Crippen LogP contribution in [0.25, 0.3) is 0 Å². The Bertz CT molecular complexity index is 634. The molecule has 1 unspecified atom stereocenters. The molecule has 0 radical (unpaired) electrons. The average molecular weight is 360 g/mol. The average Bonchev–Trinajstić information content (AvgIpc) is 2.55. The molecular formula is C21H32N2O3. The van der Waals surface area contributed by atoms with Crippen molar-refractivity contribution >= 4 is 11.9 Å². The number of carbonyl (C=O) groups is 2. The third-order valence-electron chi connectivity index (χ3n) is 4.54. The van der Waals surface area contributed by atoms with Gasteiger partial charge in [0.15, 0.2) is 0 Å². The number of rotatable bonds is 6. The van der Waals surface area contributed by atoms with E-state index < -0.39 is 5.60 Å². The molecule has 0 bridgehead atoms. The molecule has 0 aromatic heterocycles. The molecule has 1 amide bonds. The molecule has 1 aliphatic rings. The Labute approximate surface area is 157 Å². The van der Waals surface area contributed by atoms with E-state index in [0.29, 0.717) is 13.1 Å². The molecule has 0 spiro atoms. The van der Waals surface area contributed by atoms with E-state index in [1.807, 2.05) is 51.9 Å². The Morgan fingerprint density at radius 1 is 1.15 bits per heavy atom. The molecule has 0 heterocycles. The van der Waals surface area contributed by atoms with Crippen molar-refractivity contribution in [3.8, 4) is 0 Å². The van der Waals surface area contributed by atoms with Crippen LogP contribution in [0.4, 0.5) is 0 Å². The van der Waals surface area contributed by atoms with Gasteiger partial charge in [-0.15, -0.1) is 0 Å². The Hall–Kier alpha value is -1.88. The van der Waals surface area contributed by atoms with E-state index in [1.165, 1.54) is 5.56 Å². The summed E-state index contributed by atoms with van der Waals surface area (Å²) in [5.41, 5.74) is 1.81. The molecule has 0 N–H and O–H groups in total. The molecule has 0 saturated heterocycles. The van der Waals surface area contributed by atoms with Gasteiger partial charge in [0.1, 0.15) is 12.1 Å². The zero-order valence-electron chi connectivity index (χ0n) is 16.7. The summed E-state index contributed by atoms with van der Waals surface area (Å²) >= 11 is 0. The van der Waals surface area contributed by atoms with E-state index in [2.05, 4.69) is 12.1 Å². The van der Waals surface area contributed by atoms with Crippen LogP contribution in [0.2, 0.25) is 0 Å². The third kappa shape index (κ3) is 5.84. The summed E-state index contributed by atoms with van der Waals surface area (Å²) in [7, 11) is 3.93. The molecule has 0 saturated carbocycles. The number of aryl methyl sites for hydroxylation is 1. The number of nitrogens with zero attached hydrogens (tertiary/aromatic N) is 2. The van der Waals surface area contributed by atoms with Crippen LogP contribution in [-0.2, 0) is 20.7 Å². The number of amides is 1. The number of fused-ring (bicyclic) bond motifs is 1. The highest BCUT2D eigenvalue weighted by molar-refractivity contribution is 5.87. The monoisotopic (exact) mass is 360 g/mol. The summed E-state index contributed by atoms with van der Waals surface area (Å²) < 4.78 is 5.44. The first-order chi connectivity index (χ1) is 12.2. The molecule has 5 heteroatoms. The highest BCUT2D eigenvalue weighted by atomic mass is 16.6. The molecule has 26 heavy (non-hydrogen) atoms. The SMILES string of the molecule is CN(C)CCN(CC(=O)OC(C)(C)C)C(=O)C1CCCc2ccccc21. The Balaban J connectivity index is 2.16. The fraction of sp³-hybridized carbons (Fsp3) is 0.619. The van der Waals surface area contributed by atoms with Crippen molar-refractivity contribution in [3.05, 3.63) is 35.4 Å². The summed E-state index contributed by atoms with van der Waals surface area (Å²) in [4.78, 5) is 29.3. The second kappa shape index (κ2) is 8.67. The molecule has 0 aliphatic heterocycles. The van der Waals surface area contributed by atoms with Gasteiger partial charge in [-0.2, -0.15) is 0 Å². The van der Waals surface area contributed by atoms with Crippen molar-refractivity contribution in [1.29, 1.82) is 0 Å². The zero-order valence-corrected chi connectivity index (χ0v) is 16.7. The normalized spacial score (nSPS) is 16.9. The van der Waals surface area contributed by atoms with Gasteiger partial charge >= 0.3 is 5.97 Å². The van der Waals surface area contributed by atoms with Gasteiger partial charge in [-0.25, -0.2) is 0 Å². The molecule has 1 aromatic rings. The van der Waals surface area contributed by atoms with Crippen molar-refractivity contribution < 1.29 is 14.3 Å². The van der Waals surface area contributed by atoms with Gasteiger partial charge in [-0.3, -0.25) is 9.59 Å². The van der Waals surface area contributed by atoms with E-state index in [9.17, 15) is 9.59 Å². The number of carbonyl (C=O) groups excluding carboxylic acids is 2. The van der Waals surface area contributed by atoms with E-state index in [-0.39, 0.29) is 24.3 Å². The van der Waals surface area contributed by atoms with Crippen molar-refractivity contribution in [2.24, 2.45) is 0 Å². The largest absolute Gasteiger partial charge is 0.459 e. The maximum absolute atomic E-state index is 13.3. The molecule has 0 fully saturated rings. The first-order valence-electron chi connectivity index (χ1n) is 9.40. The number of hydrogen-bond acceptors (Lipinski definition) is 4. The van der Waals surface area contributed by atoms with Gasteiger partial charge in [0.05, 0.1) is 5.92 Å². The molecular weight excluding hydrogens is 328 g/mol. The molecule has 144 valence electrons. The lowest BCUT2D eigenvalue weighted by molar-refractivity contribution is -0.159. The smallest absolute Gasteiger partial charge is 0.326 e. The summed E-state index contributed by atoms with van der Waals surface area (Å²) in [6.45, 7) is 6.76. The van der Waals surface area contributed by atoms with Gasteiger partial charge in [-0.1, -0.05) is 24.3 Å². The number of hydrogen-bond donors (Lipinski definition) is 0. The van der Waals surface area contributed by atoms with Crippen LogP contribution in [0.1, 0.15) is 50.7 Å². The van der Waals surface area contributed by atoms with Crippen molar-refractivity contribution in [2.75, 3.05) is 33.7 Å². The van der Waals surface area contributed by atoms with Gasteiger partial charge < -0.3 is 14.5 Å². The number of likely N-dealkylation sites (N-methyl/N-ethyl adjacent to an activating group) is 1. The molecule has 1 atom stereocenters. The van der Waals surface area contributed by atoms with Gasteiger partial charge in [0.25, 0.3) is 0 Å². The maximum Gasteiger partial charge on any atom is 0.326 e. The number of esters is 1. The van der Waals surface area contributed by atoms with Crippen LogP contribution >= 0.6 is 0 Å². The Kier molecular flexibility index (Phi) is 6.81. The van der Waals surface area contributed by atoms with Crippen LogP contribution < -0.4 is 0 Å². The second-order valence-electron chi connectivity index (χ2n) is 8.29. The summed E-state index contributed by atoms with van der Waals surface area (Å²) in [5, 5.41) is 0. The highest BCUT2D eigenvalue weighted by Gasteiger charge is 2.31. The topological polar surface area (TPSA) is 49.9 Å². The predicted molar refractivity (Wildman–Crippen MR) is 103 cm³/mol. The fourth-order valence-electron chi connectivity index (χ4n) is 3.35. The van der Waals surface area contributed by atoms with Crippen LogP contribution in [0.5, 0.6) is 0 Å². The third-order valence-corrected chi connectivity index (χ3v) is 4.54. The van der Waals surface area contributed by atoms with E-state index >= 15 is 0 Å². The van der Waals surface area contributed by atoms with Gasteiger partial charge in [0.2, 0.25) is 5.91 Å². The van der Waals surface area contributed by atoms with Crippen LogP contribution in [0.15, 0.2) is 24.3 Å². The van der Waals surface area contributed by atoms with E-state index in [0.717, 1.165) is 24.8 Å². The molecule has 1 aromatic carbocycles. The van der Waals surface area contributed by atoms with Crippen molar-refractivity contribution in [3.63, 3.8) is 0 Å². The van der Waals surface area contributed by atoms with Gasteiger partial charge in [0, 0.05) is 13.1 Å². The lowest BCUT2D eigenvalue weighted by atomic mass is 9.82. The minimum atomic E-state index is -0.551. The first kappa shape index (κ1) is 20.4. The van der Waals surface area contributed by atoms with Crippen LogP contribution in [0.3, 0.4) is 0 Å². The van der Waals surface area contributed by atoms with E-state index in [1.54, 1.807) is 4.90 Å². The minimum Gasteiger partial charge on any atom is -0.459 e. The summed E-state index contributed by atoms with van der Waals surface area (Å²) in [6, 6.07) is 8.17. The molecule has 1 aliphatic carbocycles.